The van der Waals surface area contributed by atoms with Crippen LogP contribution in [0.3, 0.4) is 0 Å². The minimum atomic E-state index is -0.0758. The number of carbonyl (C=O) groups excluding carboxylic acids is 1. The predicted molar refractivity (Wildman–Crippen MR) is 70.4 cm³/mol. The lowest BCUT2D eigenvalue weighted by Crippen LogP contribution is -2.17. The lowest BCUT2D eigenvalue weighted by atomic mass is 10.2. The van der Waals surface area contributed by atoms with Crippen LogP contribution in [-0.2, 0) is 13.6 Å². The van der Waals surface area contributed by atoms with Crippen molar-refractivity contribution in [2.24, 2.45) is 7.05 Å². The average molecular weight is 244 g/mol. The summed E-state index contributed by atoms with van der Waals surface area (Å²) in [6, 6.07) is 7.37. The average Bonchev–Trinajstić information content (AvgIpc) is 2.81. The van der Waals surface area contributed by atoms with Crippen LogP contribution >= 0.6 is 0 Å². The quantitative estimate of drug-likeness (QED) is 0.854. The van der Waals surface area contributed by atoms with Gasteiger partial charge in [-0.25, -0.2) is 4.98 Å². The van der Waals surface area contributed by atoms with E-state index in [0.29, 0.717) is 12.1 Å². The van der Waals surface area contributed by atoms with Crippen LogP contribution in [0.1, 0.15) is 16.1 Å². The Balaban J connectivity index is 1.98. The van der Waals surface area contributed by atoms with Gasteiger partial charge in [0.15, 0.2) is 0 Å². The minimum absolute atomic E-state index is 0.0758. The first-order valence-corrected chi connectivity index (χ1v) is 5.72. The number of hydrogen-bond acceptors (Lipinski definition) is 3. The van der Waals surface area contributed by atoms with Crippen LogP contribution in [0.15, 0.2) is 36.8 Å². The monoisotopic (exact) mass is 244 g/mol. The van der Waals surface area contributed by atoms with Gasteiger partial charge >= 0.3 is 0 Å². The van der Waals surface area contributed by atoms with Gasteiger partial charge in [0.25, 0.3) is 5.91 Å². The van der Waals surface area contributed by atoms with Gasteiger partial charge in [-0.1, -0.05) is 0 Å². The highest BCUT2D eigenvalue weighted by atomic mass is 16.1. The fraction of sp³-hybridized carbons (Fsp3) is 0.231. The maximum atomic E-state index is 11.4. The van der Waals surface area contributed by atoms with E-state index in [-0.39, 0.29) is 5.91 Å². The highest BCUT2D eigenvalue weighted by molar-refractivity contribution is 5.94. The molecule has 1 heterocycles. The van der Waals surface area contributed by atoms with Crippen LogP contribution in [0.2, 0.25) is 0 Å². The summed E-state index contributed by atoms with van der Waals surface area (Å²) in [5, 5.41) is 5.87. The Morgan fingerprint density at radius 2 is 2.06 bits per heavy atom. The van der Waals surface area contributed by atoms with Gasteiger partial charge in [-0.15, -0.1) is 0 Å². The van der Waals surface area contributed by atoms with Crippen LogP contribution < -0.4 is 10.6 Å². The van der Waals surface area contributed by atoms with E-state index in [1.165, 1.54) is 0 Å². The molecule has 2 N–H and O–H groups in total. The van der Waals surface area contributed by atoms with Crippen molar-refractivity contribution in [3.63, 3.8) is 0 Å². The third-order valence-corrected chi connectivity index (χ3v) is 2.76. The molecule has 1 amide bonds. The number of nitrogens with zero attached hydrogens (tertiary/aromatic N) is 2. The molecular weight excluding hydrogens is 228 g/mol. The largest absolute Gasteiger partial charge is 0.379 e. The summed E-state index contributed by atoms with van der Waals surface area (Å²) in [6.07, 6.45) is 3.59. The zero-order valence-corrected chi connectivity index (χ0v) is 10.5. The van der Waals surface area contributed by atoms with Crippen molar-refractivity contribution in [2.45, 2.75) is 6.54 Å². The van der Waals surface area contributed by atoms with Gasteiger partial charge in [0, 0.05) is 31.5 Å². The van der Waals surface area contributed by atoms with E-state index in [0.717, 1.165) is 11.4 Å². The molecule has 0 atom stereocenters. The number of benzene rings is 1. The van der Waals surface area contributed by atoms with Gasteiger partial charge in [-0.2, -0.15) is 0 Å². The molecule has 0 radical (unpaired) electrons. The Kier molecular flexibility index (Phi) is 3.62. The molecule has 0 bridgehead atoms. The zero-order chi connectivity index (χ0) is 13.0. The summed E-state index contributed by atoms with van der Waals surface area (Å²) in [5.74, 6) is -0.0758. The van der Waals surface area contributed by atoms with Gasteiger partial charge in [0.2, 0.25) is 0 Å². The van der Waals surface area contributed by atoms with Crippen molar-refractivity contribution in [1.29, 1.82) is 0 Å². The molecule has 0 aliphatic heterocycles. The van der Waals surface area contributed by atoms with Gasteiger partial charge in [-0.3, -0.25) is 4.79 Å². The second kappa shape index (κ2) is 5.35. The third kappa shape index (κ3) is 2.68. The SMILES string of the molecule is CNC(=O)c1ccc(NCc2cncn2C)cc1. The van der Waals surface area contributed by atoms with E-state index in [4.69, 9.17) is 0 Å². The predicted octanol–water partition coefficient (Wildman–Crippen LogP) is 1.39. The highest BCUT2D eigenvalue weighted by Crippen LogP contribution is 2.11. The summed E-state index contributed by atoms with van der Waals surface area (Å²) in [5.41, 5.74) is 2.73. The molecule has 2 rings (SSSR count). The lowest BCUT2D eigenvalue weighted by Gasteiger charge is -2.07. The zero-order valence-electron chi connectivity index (χ0n) is 10.5. The van der Waals surface area contributed by atoms with Crippen LogP contribution in [-0.4, -0.2) is 22.5 Å². The molecule has 1 aromatic heterocycles. The normalized spacial score (nSPS) is 10.1. The number of aryl methyl sites for hydroxylation is 1. The first-order chi connectivity index (χ1) is 8.70. The number of rotatable bonds is 4. The number of aromatic nitrogens is 2. The number of nitrogens with one attached hydrogen (secondary N) is 2. The molecule has 0 aliphatic carbocycles. The molecule has 0 unspecified atom stereocenters. The van der Waals surface area contributed by atoms with Crippen molar-refractivity contribution in [3.05, 3.63) is 48.0 Å². The summed E-state index contributed by atoms with van der Waals surface area (Å²) in [4.78, 5) is 15.4. The van der Waals surface area contributed by atoms with Crippen LogP contribution in [0.25, 0.3) is 0 Å². The van der Waals surface area contributed by atoms with Crippen molar-refractivity contribution in [3.8, 4) is 0 Å². The number of amides is 1. The third-order valence-electron chi connectivity index (χ3n) is 2.76. The van der Waals surface area contributed by atoms with E-state index >= 15 is 0 Å². The van der Waals surface area contributed by atoms with E-state index in [2.05, 4.69) is 15.6 Å². The van der Waals surface area contributed by atoms with Gasteiger partial charge in [0.1, 0.15) is 0 Å². The summed E-state index contributed by atoms with van der Waals surface area (Å²) in [7, 11) is 3.58. The van der Waals surface area contributed by atoms with Crippen LogP contribution in [0.5, 0.6) is 0 Å². The Bertz CT molecular complexity index is 530. The van der Waals surface area contributed by atoms with Gasteiger partial charge < -0.3 is 15.2 Å². The first kappa shape index (κ1) is 12.2. The minimum Gasteiger partial charge on any atom is -0.379 e. The molecule has 18 heavy (non-hydrogen) atoms. The number of anilines is 1. The van der Waals surface area contributed by atoms with Crippen molar-refractivity contribution < 1.29 is 4.79 Å². The fourth-order valence-electron chi connectivity index (χ4n) is 1.63. The van der Waals surface area contributed by atoms with Crippen LogP contribution in [0.4, 0.5) is 5.69 Å². The molecule has 5 nitrogen and oxygen atoms in total. The number of carbonyl (C=O) groups is 1. The Morgan fingerprint density at radius 1 is 1.33 bits per heavy atom. The second-order valence-corrected chi connectivity index (χ2v) is 4.01. The molecule has 0 saturated carbocycles. The molecule has 5 heteroatoms. The highest BCUT2D eigenvalue weighted by Gasteiger charge is 2.02. The number of imidazole rings is 1. The molecular formula is C13H16N4O. The molecule has 0 spiro atoms. The summed E-state index contributed by atoms with van der Waals surface area (Å²) >= 11 is 0. The number of hydrogen-bond donors (Lipinski definition) is 2. The van der Waals surface area contributed by atoms with E-state index in [9.17, 15) is 4.79 Å². The fourth-order valence-corrected chi connectivity index (χ4v) is 1.63. The molecule has 1 aromatic carbocycles. The van der Waals surface area contributed by atoms with Crippen molar-refractivity contribution >= 4 is 11.6 Å². The van der Waals surface area contributed by atoms with Crippen molar-refractivity contribution in [2.75, 3.05) is 12.4 Å². The molecule has 0 fully saturated rings. The van der Waals surface area contributed by atoms with Gasteiger partial charge in [-0.05, 0) is 24.3 Å². The smallest absolute Gasteiger partial charge is 0.251 e. The Morgan fingerprint density at radius 3 is 2.61 bits per heavy atom. The molecule has 0 saturated heterocycles. The standard InChI is InChI=1S/C13H16N4O/c1-14-13(18)10-3-5-11(6-4-10)16-8-12-7-15-9-17(12)2/h3-7,9,16H,8H2,1-2H3,(H,14,18). The van der Waals surface area contributed by atoms with E-state index < -0.39 is 0 Å². The van der Waals surface area contributed by atoms with E-state index in [1.807, 2.05) is 29.9 Å². The lowest BCUT2D eigenvalue weighted by molar-refractivity contribution is 0.0963. The maximum absolute atomic E-state index is 11.4. The van der Waals surface area contributed by atoms with Crippen LogP contribution in [0, 0.1) is 0 Å². The first-order valence-electron chi connectivity index (χ1n) is 5.72. The summed E-state index contributed by atoms with van der Waals surface area (Å²) < 4.78 is 1.96. The molecule has 2 aromatic rings. The van der Waals surface area contributed by atoms with Gasteiger partial charge in [0.05, 0.1) is 18.6 Å². The topological polar surface area (TPSA) is 59.0 Å². The van der Waals surface area contributed by atoms with E-state index in [1.54, 1.807) is 25.5 Å². The Labute approximate surface area is 106 Å². The molecule has 0 aliphatic rings. The Hall–Kier alpha value is -2.30. The molecule has 94 valence electrons. The summed E-state index contributed by atoms with van der Waals surface area (Å²) in [6.45, 7) is 0.704. The van der Waals surface area contributed by atoms with Crippen molar-refractivity contribution in [1.82, 2.24) is 14.9 Å². The second-order valence-electron chi connectivity index (χ2n) is 4.01. The maximum Gasteiger partial charge on any atom is 0.251 e.